The van der Waals surface area contributed by atoms with Gasteiger partial charge in [0.15, 0.2) is 0 Å². The van der Waals surface area contributed by atoms with Crippen LogP contribution in [0.2, 0.25) is 0 Å². The lowest BCUT2D eigenvalue weighted by Gasteiger charge is -2.24. The van der Waals surface area contributed by atoms with E-state index < -0.39 is 11.2 Å². The molecule has 10 heteroatoms. The zero-order chi connectivity index (χ0) is 25.7. The van der Waals surface area contributed by atoms with Crippen molar-refractivity contribution in [2.24, 2.45) is 0 Å². The van der Waals surface area contributed by atoms with E-state index in [0.29, 0.717) is 44.5 Å². The summed E-state index contributed by atoms with van der Waals surface area (Å²) in [6, 6.07) is 0. The van der Waals surface area contributed by atoms with Crippen LogP contribution in [0.1, 0.15) is 54.4 Å². The Hall–Kier alpha value is -1.59. The normalized spacial score (nSPS) is 19.2. The molecule has 0 saturated carbocycles. The molecule has 2 aliphatic heterocycles. The van der Waals surface area contributed by atoms with Gasteiger partial charge in [-0.25, -0.2) is 9.59 Å². The highest BCUT2D eigenvalue weighted by atomic mass is 79.9. The summed E-state index contributed by atoms with van der Waals surface area (Å²) in [4.78, 5) is 26.3. The van der Waals surface area contributed by atoms with Crippen molar-refractivity contribution in [3.63, 3.8) is 0 Å². The predicted octanol–water partition coefficient (Wildman–Crippen LogP) is 3.76. The van der Waals surface area contributed by atoms with Gasteiger partial charge in [0.1, 0.15) is 17.8 Å². The first kappa shape index (κ1) is 34.6. The van der Waals surface area contributed by atoms with E-state index in [9.17, 15) is 14.7 Å². The van der Waals surface area contributed by atoms with Gasteiger partial charge in [0.05, 0.1) is 24.1 Å². The second-order valence-corrected chi connectivity index (χ2v) is 10.1. The molecule has 2 atom stereocenters. The van der Waals surface area contributed by atoms with Crippen molar-refractivity contribution in [1.29, 1.82) is 0 Å². The Labute approximate surface area is 220 Å². The van der Waals surface area contributed by atoms with Gasteiger partial charge in [0.2, 0.25) is 0 Å². The number of alkyl halides is 1. The number of hydrogen-bond acceptors (Lipinski definition) is 6. The molecule has 196 valence electrons. The number of hydrogen-bond donors (Lipinski definition) is 1. The molecule has 2 amide bonds. The smallest absolute Gasteiger partial charge is 0.410 e. The maximum Gasteiger partial charge on any atom is 0.410 e. The number of carbonyl (C=O) groups excluding carboxylic acids is 2. The van der Waals surface area contributed by atoms with Crippen LogP contribution in [0, 0.1) is 24.7 Å². The predicted molar refractivity (Wildman–Crippen MR) is 142 cm³/mol. The quantitative estimate of drug-likeness (QED) is 0.405. The fourth-order valence-corrected chi connectivity index (χ4v) is 2.76. The van der Waals surface area contributed by atoms with E-state index in [1.807, 2.05) is 41.5 Å². The van der Waals surface area contributed by atoms with Crippen LogP contribution in [0.15, 0.2) is 0 Å². The molecular formula is C24H41BrN2O6S. The van der Waals surface area contributed by atoms with Gasteiger partial charge in [0, 0.05) is 19.6 Å². The van der Waals surface area contributed by atoms with Gasteiger partial charge in [-0.1, -0.05) is 27.8 Å². The highest BCUT2D eigenvalue weighted by Crippen LogP contribution is 2.17. The van der Waals surface area contributed by atoms with Crippen LogP contribution in [-0.2, 0) is 14.2 Å². The summed E-state index contributed by atoms with van der Waals surface area (Å²) < 4.78 is 15.8. The van der Waals surface area contributed by atoms with Crippen LogP contribution < -0.4 is 0 Å². The van der Waals surface area contributed by atoms with E-state index in [2.05, 4.69) is 27.8 Å². The first-order valence-electron chi connectivity index (χ1n) is 10.9. The summed E-state index contributed by atoms with van der Waals surface area (Å²) in [5.74, 6) is 4.77. The minimum Gasteiger partial charge on any atom is -0.444 e. The standard InChI is InChI=1S/C12H19NO3.C9H17NO3.C3H3Br.H2S/c1-5-8-15-10-6-7-13(9-10)11(14)16-12(2,3)4;1-9(2,3)13-8(12)10-5-4-7(11)6-10;1-2-3-4;/h1,10H,6-9H2,2-4H3;7,11H,4-6H2,1-3H3;1H,3H2;1H2/t10-;7-;;/m00../s1. The van der Waals surface area contributed by atoms with Crippen LogP contribution in [0.4, 0.5) is 9.59 Å². The largest absolute Gasteiger partial charge is 0.444 e. The van der Waals surface area contributed by atoms with Crippen LogP contribution in [0.3, 0.4) is 0 Å². The lowest BCUT2D eigenvalue weighted by Crippen LogP contribution is -2.36. The summed E-state index contributed by atoms with van der Waals surface area (Å²) in [5, 5.41) is 9.86. The Balaban J connectivity index is 0. The third-order valence-electron chi connectivity index (χ3n) is 4.09. The number of β-amino-alcohol motifs (C(OH)–C–C–N with tert-alkyl or cyclic N) is 1. The van der Waals surface area contributed by atoms with Crippen molar-refractivity contribution in [2.45, 2.75) is 77.8 Å². The molecule has 0 aromatic carbocycles. The molecular weight excluding hydrogens is 524 g/mol. The molecule has 0 radical (unpaired) electrons. The Bertz CT molecular complexity index is 694. The number of nitrogens with zero attached hydrogens (tertiary/aromatic N) is 2. The maximum atomic E-state index is 11.7. The topological polar surface area (TPSA) is 88.5 Å². The van der Waals surface area contributed by atoms with Crippen molar-refractivity contribution in [1.82, 2.24) is 9.80 Å². The van der Waals surface area contributed by atoms with Crippen LogP contribution in [0.25, 0.3) is 0 Å². The van der Waals surface area contributed by atoms with Gasteiger partial charge in [-0.2, -0.15) is 13.5 Å². The van der Waals surface area contributed by atoms with Crippen molar-refractivity contribution in [2.75, 3.05) is 38.1 Å². The molecule has 8 nitrogen and oxygen atoms in total. The third-order valence-corrected chi connectivity index (χ3v) is 4.42. The van der Waals surface area contributed by atoms with Gasteiger partial charge in [-0.3, -0.25) is 0 Å². The Kier molecular flexibility index (Phi) is 17.2. The number of amides is 2. The van der Waals surface area contributed by atoms with Crippen LogP contribution in [0.5, 0.6) is 0 Å². The van der Waals surface area contributed by atoms with E-state index in [4.69, 9.17) is 27.1 Å². The average Bonchev–Trinajstić information content (AvgIpc) is 3.33. The number of aliphatic hydroxyl groups excluding tert-OH is 1. The zero-order valence-electron chi connectivity index (χ0n) is 21.2. The monoisotopic (exact) mass is 564 g/mol. The number of likely N-dealkylation sites (tertiary alicyclic amines) is 2. The van der Waals surface area contributed by atoms with E-state index in [1.165, 1.54) is 4.90 Å². The SMILES string of the molecule is C#CCBr.C#CCO[C@H]1CCN(C(=O)OC(C)(C)C)C1.CC(C)(C)OC(=O)N1CC[C@H](O)C1.S. The second kappa shape index (κ2) is 16.9. The average molecular weight is 566 g/mol. The molecule has 0 bridgehead atoms. The molecule has 0 aliphatic carbocycles. The van der Waals surface area contributed by atoms with Crippen LogP contribution in [-0.4, -0.2) is 88.6 Å². The highest BCUT2D eigenvalue weighted by Gasteiger charge is 2.30. The fraction of sp³-hybridized carbons (Fsp3) is 0.750. The second-order valence-electron chi connectivity index (χ2n) is 9.56. The molecule has 2 saturated heterocycles. The summed E-state index contributed by atoms with van der Waals surface area (Å²) in [5.41, 5.74) is -0.903. The van der Waals surface area contributed by atoms with E-state index in [1.54, 1.807) is 4.90 Å². The summed E-state index contributed by atoms with van der Waals surface area (Å²) in [7, 11) is 0. The Morgan fingerprint density at radius 3 is 1.74 bits per heavy atom. The van der Waals surface area contributed by atoms with Crippen molar-refractivity contribution in [3.05, 3.63) is 0 Å². The number of terminal acetylenes is 2. The number of halogens is 1. The minimum absolute atomic E-state index is 0. The van der Waals surface area contributed by atoms with Gasteiger partial charge in [-0.15, -0.1) is 12.8 Å². The van der Waals surface area contributed by atoms with Crippen LogP contribution >= 0.6 is 29.4 Å². The van der Waals surface area contributed by atoms with E-state index in [-0.39, 0.29) is 37.9 Å². The molecule has 2 fully saturated rings. The number of rotatable bonds is 2. The molecule has 2 rings (SSSR count). The number of aliphatic hydroxyl groups is 1. The summed E-state index contributed by atoms with van der Waals surface area (Å²) in [6.45, 7) is 13.6. The molecule has 0 aromatic heterocycles. The lowest BCUT2D eigenvalue weighted by molar-refractivity contribution is 0.0236. The molecule has 0 aromatic rings. The lowest BCUT2D eigenvalue weighted by atomic mass is 10.2. The Morgan fingerprint density at radius 1 is 0.941 bits per heavy atom. The first-order chi connectivity index (χ1) is 15.2. The van der Waals surface area contributed by atoms with Gasteiger partial charge < -0.3 is 29.1 Å². The van der Waals surface area contributed by atoms with E-state index in [0.717, 1.165) is 6.42 Å². The Morgan fingerprint density at radius 2 is 1.38 bits per heavy atom. The maximum absolute atomic E-state index is 11.7. The van der Waals surface area contributed by atoms with Gasteiger partial charge in [-0.05, 0) is 54.4 Å². The number of carbonyl (C=O) groups is 2. The summed E-state index contributed by atoms with van der Waals surface area (Å²) in [6.07, 6.45) is 10.4. The fourth-order valence-electron chi connectivity index (χ4n) is 2.76. The molecule has 34 heavy (non-hydrogen) atoms. The first-order valence-corrected chi connectivity index (χ1v) is 12.0. The molecule has 0 unspecified atom stereocenters. The van der Waals surface area contributed by atoms with Gasteiger partial charge in [0.25, 0.3) is 0 Å². The highest BCUT2D eigenvalue weighted by molar-refractivity contribution is 9.09. The summed E-state index contributed by atoms with van der Waals surface area (Å²) >= 11 is 3.01. The molecule has 2 aliphatic rings. The number of ether oxygens (including phenoxy) is 3. The molecule has 1 N–H and O–H groups in total. The third kappa shape index (κ3) is 16.9. The van der Waals surface area contributed by atoms with Gasteiger partial charge >= 0.3 is 12.2 Å². The molecule has 0 spiro atoms. The van der Waals surface area contributed by atoms with Crippen molar-refractivity contribution in [3.8, 4) is 24.7 Å². The minimum atomic E-state index is -0.454. The zero-order valence-corrected chi connectivity index (χ0v) is 23.8. The van der Waals surface area contributed by atoms with Crippen molar-refractivity contribution >= 4 is 41.6 Å². The van der Waals surface area contributed by atoms with Crippen molar-refractivity contribution < 1.29 is 28.9 Å². The van der Waals surface area contributed by atoms with E-state index >= 15 is 0 Å². The molecule has 2 heterocycles.